The highest BCUT2D eigenvalue weighted by molar-refractivity contribution is 5.89. The Morgan fingerprint density at radius 1 is 1.33 bits per heavy atom. The molecular formula is C12H13F3O3. The van der Waals surface area contributed by atoms with Gasteiger partial charge in [-0.25, -0.2) is 4.79 Å². The molecule has 6 heteroatoms. The van der Waals surface area contributed by atoms with Crippen LogP contribution in [0.5, 0.6) is 0 Å². The van der Waals surface area contributed by atoms with E-state index in [0.717, 1.165) is 0 Å². The highest BCUT2D eigenvalue weighted by Crippen LogP contribution is 2.27. The number of hydrogen-bond donors (Lipinski definition) is 1. The van der Waals surface area contributed by atoms with E-state index in [1.165, 1.54) is 31.4 Å². The Morgan fingerprint density at radius 2 is 1.89 bits per heavy atom. The van der Waals surface area contributed by atoms with Crippen molar-refractivity contribution in [2.45, 2.75) is 25.1 Å². The van der Waals surface area contributed by atoms with E-state index in [0.29, 0.717) is 5.56 Å². The van der Waals surface area contributed by atoms with E-state index >= 15 is 0 Å². The van der Waals surface area contributed by atoms with Gasteiger partial charge in [0.2, 0.25) is 0 Å². The fourth-order valence-corrected chi connectivity index (χ4v) is 1.43. The molecule has 0 saturated carbocycles. The molecule has 0 bridgehead atoms. The van der Waals surface area contributed by atoms with Crippen molar-refractivity contribution < 1.29 is 27.8 Å². The quantitative estimate of drug-likeness (QED) is 0.849. The molecule has 1 N–H and O–H groups in total. The lowest BCUT2D eigenvalue weighted by Gasteiger charge is -2.12. The maximum absolute atomic E-state index is 12.0. The molecule has 0 aromatic heterocycles. The van der Waals surface area contributed by atoms with Gasteiger partial charge in [0.15, 0.2) is 0 Å². The zero-order chi connectivity index (χ0) is 13.8. The molecule has 0 unspecified atom stereocenters. The SMILES string of the molecule is COC(=O)c1ccc([C@H](O)CCC(F)(F)F)cc1. The van der Waals surface area contributed by atoms with Gasteiger partial charge in [-0.1, -0.05) is 12.1 Å². The molecule has 0 radical (unpaired) electrons. The molecule has 1 atom stereocenters. The number of halogens is 3. The fourth-order valence-electron chi connectivity index (χ4n) is 1.43. The molecule has 0 fully saturated rings. The van der Waals surface area contributed by atoms with Crippen LogP contribution in [-0.4, -0.2) is 24.4 Å². The van der Waals surface area contributed by atoms with Crippen LogP contribution in [0.15, 0.2) is 24.3 Å². The third-order valence-electron chi connectivity index (χ3n) is 2.42. The number of ether oxygens (including phenoxy) is 1. The van der Waals surface area contributed by atoms with Crippen LogP contribution < -0.4 is 0 Å². The van der Waals surface area contributed by atoms with Crippen molar-refractivity contribution in [3.05, 3.63) is 35.4 Å². The predicted octanol–water partition coefficient (Wildman–Crippen LogP) is 2.85. The van der Waals surface area contributed by atoms with Gasteiger partial charge in [-0.05, 0) is 24.1 Å². The summed E-state index contributed by atoms with van der Waals surface area (Å²) in [5.74, 6) is -0.536. The Balaban J connectivity index is 2.64. The van der Waals surface area contributed by atoms with Crippen LogP contribution in [0.25, 0.3) is 0 Å². The van der Waals surface area contributed by atoms with Gasteiger partial charge in [0, 0.05) is 6.42 Å². The third-order valence-corrected chi connectivity index (χ3v) is 2.42. The van der Waals surface area contributed by atoms with Crippen LogP contribution >= 0.6 is 0 Å². The molecule has 0 aliphatic carbocycles. The van der Waals surface area contributed by atoms with Crippen molar-refractivity contribution in [3.8, 4) is 0 Å². The number of aliphatic hydroxyl groups excluding tert-OH is 1. The minimum Gasteiger partial charge on any atom is -0.465 e. The lowest BCUT2D eigenvalue weighted by Crippen LogP contribution is -2.10. The number of rotatable bonds is 4. The second-order valence-electron chi connectivity index (χ2n) is 3.78. The van der Waals surface area contributed by atoms with Gasteiger partial charge in [-0.15, -0.1) is 0 Å². The summed E-state index contributed by atoms with van der Waals surface area (Å²) in [5.41, 5.74) is 0.621. The van der Waals surface area contributed by atoms with Crippen molar-refractivity contribution >= 4 is 5.97 Å². The summed E-state index contributed by atoms with van der Waals surface area (Å²) in [5, 5.41) is 9.55. The second-order valence-corrected chi connectivity index (χ2v) is 3.78. The molecule has 3 nitrogen and oxygen atoms in total. The van der Waals surface area contributed by atoms with Gasteiger partial charge < -0.3 is 9.84 Å². The highest BCUT2D eigenvalue weighted by atomic mass is 19.4. The van der Waals surface area contributed by atoms with Crippen molar-refractivity contribution in [3.63, 3.8) is 0 Å². The number of carbonyl (C=O) groups is 1. The van der Waals surface area contributed by atoms with Crippen molar-refractivity contribution in [2.24, 2.45) is 0 Å². The molecule has 0 amide bonds. The number of alkyl halides is 3. The maximum atomic E-state index is 12.0. The number of methoxy groups -OCH3 is 1. The van der Waals surface area contributed by atoms with Crippen LogP contribution in [0.4, 0.5) is 13.2 Å². The Labute approximate surface area is 102 Å². The summed E-state index contributed by atoms with van der Waals surface area (Å²) in [6.45, 7) is 0. The predicted molar refractivity (Wildman–Crippen MR) is 58.0 cm³/mol. The first kappa shape index (κ1) is 14.5. The molecule has 0 aliphatic rings. The van der Waals surface area contributed by atoms with Crippen molar-refractivity contribution in [1.82, 2.24) is 0 Å². The Morgan fingerprint density at radius 3 is 2.33 bits per heavy atom. The minimum atomic E-state index is -4.28. The lowest BCUT2D eigenvalue weighted by molar-refractivity contribution is -0.140. The average molecular weight is 262 g/mol. The van der Waals surface area contributed by atoms with E-state index in [2.05, 4.69) is 4.74 Å². The fraction of sp³-hybridized carbons (Fsp3) is 0.417. The molecule has 1 rings (SSSR count). The van der Waals surface area contributed by atoms with Crippen LogP contribution in [0.1, 0.15) is 34.9 Å². The average Bonchev–Trinajstić information content (AvgIpc) is 2.34. The minimum absolute atomic E-state index is 0.282. The Bertz CT molecular complexity index is 398. The van der Waals surface area contributed by atoms with E-state index < -0.39 is 31.1 Å². The molecule has 0 aliphatic heterocycles. The Hall–Kier alpha value is -1.56. The first-order valence-electron chi connectivity index (χ1n) is 5.26. The molecule has 1 aromatic carbocycles. The number of aliphatic hydroxyl groups is 1. The first-order valence-corrected chi connectivity index (χ1v) is 5.26. The lowest BCUT2D eigenvalue weighted by atomic mass is 10.0. The van der Waals surface area contributed by atoms with Crippen LogP contribution in [0, 0.1) is 0 Å². The summed E-state index contributed by atoms with van der Waals surface area (Å²) in [6.07, 6.45) is -6.93. The normalized spacial score (nSPS) is 13.2. The van der Waals surface area contributed by atoms with Gasteiger partial charge in [0.1, 0.15) is 0 Å². The van der Waals surface area contributed by atoms with Gasteiger partial charge in [-0.3, -0.25) is 0 Å². The van der Waals surface area contributed by atoms with Crippen LogP contribution in [0.2, 0.25) is 0 Å². The van der Waals surface area contributed by atoms with E-state index in [-0.39, 0.29) is 5.56 Å². The molecule has 1 aromatic rings. The molecule has 100 valence electrons. The van der Waals surface area contributed by atoms with Gasteiger partial charge in [0.05, 0.1) is 18.8 Å². The summed E-state index contributed by atoms with van der Waals surface area (Å²) >= 11 is 0. The number of hydrogen-bond acceptors (Lipinski definition) is 3. The van der Waals surface area contributed by atoms with Gasteiger partial charge >= 0.3 is 12.1 Å². The van der Waals surface area contributed by atoms with Crippen LogP contribution in [0.3, 0.4) is 0 Å². The highest BCUT2D eigenvalue weighted by Gasteiger charge is 2.28. The molecule has 0 spiro atoms. The number of carbonyl (C=O) groups excluding carboxylic acids is 1. The van der Waals surface area contributed by atoms with Crippen molar-refractivity contribution in [1.29, 1.82) is 0 Å². The largest absolute Gasteiger partial charge is 0.465 e. The van der Waals surface area contributed by atoms with Gasteiger partial charge in [-0.2, -0.15) is 13.2 Å². The number of benzene rings is 1. The van der Waals surface area contributed by atoms with Gasteiger partial charge in [0.25, 0.3) is 0 Å². The maximum Gasteiger partial charge on any atom is 0.389 e. The van der Waals surface area contributed by atoms with E-state index in [1.807, 2.05) is 0 Å². The first-order chi connectivity index (χ1) is 8.33. The third kappa shape index (κ3) is 4.37. The second kappa shape index (κ2) is 5.86. The summed E-state index contributed by atoms with van der Waals surface area (Å²) in [7, 11) is 1.23. The Kier molecular flexibility index (Phi) is 4.72. The molecule has 0 saturated heterocycles. The summed E-state index contributed by atoms with van der Waals surface area (Å²) < 4.78 is 40.4. The molecular weight excluding hydrogens is 249 g/mol. The number of esters is 1. The topological polar surface area (TPSA) is 46.5 Å². The zero-order valence-electron chi connectivity index (χ0n) is 9.70. The standard InChI is InChI=1S/C12H13F3O3/c1-18-11(17)9-4-2-8(3-5-9)10(16)6-7-12(13,14)15/h2-5,10,16H,6-7H2,1H3/t10-/m1/s1. The van der Waals surface area contributed by atoms with E-state index in [9.17, 15) is 23.1 Å². The summed E-state index contributed by atoms with van der Waals surface area (Å²) in [4.78, 5) is 11.1. The van der Waals surface area contributed by atoms with E-state index in [4.69, 9.17) is 0 Å². The summed E-state index contributed by atoms with van der Waals surface area (Å²) in [6, 6.07) is 5.62. The smallest absolute Gasteiger partial charge is 0.389 e. The molecule has 0 heterocycles. The molecule has 18 heavy (non-hydrogen) atoms. The monoisotopic (exact) mass is 262 g/mol. The van der Waals surface area contributed by atoms with Crippen molar-refractivity contribution in [2.75, 3.05) is 7.11 Å². The van der Waals surface area contributed by atoms with Crippen LogP contribution in [-0.2, 0) is 4.74 Å². The van der Waals surface area contributed by atoms with E-state index in [1.54, 1.807) is 0 Å². The zero-order valence-corrected chi connectivity index (χ0v) is 9.70.